The zero-order valence-corrected chi connectivity index (χ0v) is 16.8. The molecule has 0 aliphatic carbocycles. The van der Waals surface area contributed by atoms with Gasteiger partial charge >= 0.3 is 0 Å². The first-order valence-corrected chi connectivity index (χ1v) is 10.3. The number of rotatable bonds is 8. The molecule has 0 bridgehead atoms. The van der Waals surface area contributed by atoms with Crippen LogP contribution in [0.4, 0.5) is 17.5 Å². The molecule has 28 heavy (non-hydrogen) atoms. The zero-order chi connectivity index (χ0) is 19.5. The summed E-state index contributed by atoms with van der Waals surface area (Å²) in [4.78, 5) is 8.68. The molecule has 10 nitrogen and oxygen atoms in total. The molecule has 0 saturated carbocycles. The third kappa shape index (κ3) is 4.34. The Balaban J connectivity index is 1.40. The molecule has 0 amide bonds. The van der Waals surface area contributed by atoms with Crippen molar-refractivity contribution >= 4 is 41.0 Å². The maximum atomic E-state index is 8.91. The number of anilines is 3. The molecule has 2 aliphatic rings. The minimum Gasteiger partial charge on any atom is -0.395 e. The van der Waals surface area contributed by atoms with Gasteiger partial charge in [0, 0.05) is 19.0 Å². The number of hydrogen-bond donors (Lipinski definition) is 4. The van der Waals surface area contributed by atoms with Gasteiger partial charge in [0.15, 0.2) is 5.82 Å². The van der Waals surface area contributed by atoms with Crippen molar-refractivity contribution < 1.29 is 14.6 Å². The zero-order valence-electron chi connectivity index (χ0n) is 15.2. The van der Waals surface area contributed by atoms with Crippen LogP contribution in [0.3, 0.4) is 0 Å². The summed E-state index contributed by atoms with van der Waals surface area (Å²) in [6.07, 6.45) is 4.91. The van der Waals surface area contributed by atoms with E-state index in [0.29, 0.717) is 35.8 Å². The number of aromatic nitrogens is 4. The first-order chi connectivity index (χ1) is 13.6. The van der Waals surface area contributed by atoms with Gasteiger partial charge in [0.25, 0.3) is 0 Å². The van der Waals surface area contributed by atoms with Crippen LogP contribution >= 0.6 is 23.5 Å². The molecule has 4 atom stereocenters. The van der Waals surface area contributed by atoms with Crippen molar-refractivity contribution in [1.82, 2.24) is 24.5 Å². The van der Waals surface area contributed by atoms with E-state index in [1.165, 1.54) is 11.9 Å². The molecule has 4 rings (SSSR count). The second-order valence-electron chi connectivity index (χ2n) is 6.56. The fourth-order valence-electron chi connectivity index (χ4n) is 3.25. The van der Waals surface area contributed by atoms with Crippen molar-refractivity contribution in [2.45, 2.75) is 24.3 Å². The van der Waals surface area contributed by atoms with Gasteiger partial charge in [0.1, 0.15) is 17.2 Å². The van der Waals surface area contributed by atoms with E-state index in [4.69, 9.17) is 26.2 Å². The van der Waals surface area contributed by atoms with Crippen molar-refractivity contribution in [2.24, 2.45) is 7.05 Å². The summed E-state index contributed by atoms with van der Waals surface area (Å²) < 4.78 is 16.9. The van der Waals surface area contributed by atoms with Crippen LogP contribution < -0.4 is 15.4 Å². The average Bonchev–Trinajstić information content (AvgIpc) is 3.37. The highest BCUT2D eigenvalue weighted by Gasteiger charge is 2.47. The predicted molar refractivity (Wildman–Crippen MR) is 107 cm³/mol. The van der Waals surface area contributed by atoms with Crippen molar-refractivity contribution in [1.29, 1.82) is 0 Å². The number of fused-ring (bicyclic) bond motifs is 1. The molecule has 12 heteroatoms. The normalized spacial score (nSPS) is 26.4. The Bertz CT molecular complexity index is 810. The minimum absolute atomic E-state index is 0.0581. The summed E-state index contributed by atoms with van der Waals surface area (Å²) in [6.45, 7) is 1.17. The largest absolute Gasteiger partial charge is 0.395 e. The lowest BCUT2D eigenvalue weighted by Crippen LogP contribution is -2.40. The molecule has 4 heterocycles. The second-order valence-corrected chi connectivity index (χ2v) is 7.90. The highest BCUT2D eigenvalue weighted by Crippen LogP contribution is 2.31. The lowest BCUT2D eigenvalue weighted by atomic mass is 10.1. The fourth-order valence-corrected chi connectivity index (χ4v) is 4.03. The average molecular weight is 428 g/mol. The molecular weight excluding hydrogens is 406 g/mol. The number of halogens is 1. The monoisotopic (exact) mass is 427 g/mol. The van der Waals surface area contributed by atoms with Crippen LogP contribution in [0.5, 0.6) is 0 Å². The van der Waals surface area contributed by atoms with Gasteiger partial charge in [0.05, 0.1) is 50.0 Å². The van der Waals surface area contributed by atoms with Gasteiger partial charge in [0.2, 0.25) is 5.95 Å². The molecule has 2 aliphatic heterocycles. The van der Waals surface area contributed by atoms with Gasteiger partial charge in [-0.3, -0.25) is 9.40 Å². The number of nitrogens with zero attached hydrogens (tertiary/aromatic N) is 4. The summed E-state index contributed by atoms with van der Waals surface area (Å²) in [5.74, 6) is 1.56. The van der Waals surface area contributed by atoms with Crippen molar-refractivity contribution in [2.75, 3.05) is 36.2 Å². The summed E-state index contributed by atoms with van der Waals surface area (Å²) in [6, 6.07) is 0.00955. The molecule has 0 aromatic carbocycles. The quantitative estimate of drug-likeness (QED) is 0.355. The molecule has 2 fully saturated rings. The molecule has 2 aromatic heterocycles. The maximum absolute atomic E-state index is 8.91. The minimum atomic E-state index is -0.104. The van der Waals surface area contributed by atoms with E-state index in [9.17, 15) is 0 Å². The SMILES string of the molecule is Cn1cc(Nc2ncc(Cl)c(NC3COC4C(NSCCO)COC34)n2)cn1. The molecule has 0 radical (unpaired) electrons. The van der Waals surface area contributed by atoms with Crippen molar-refractivity contribution in [3.8, 4) is 0 Å². The predicted octanol–water partition coefficient (Wildman–Crippen LogP) is 0.784. The number of ether oxygens (including phenoxy) is 2. The maximum Gasteiger partial charge on any atom is 0.229 e. The Morgan fingerprint density at radius 2 is 2.07 bits per heavy atom. The van der Waals surface area contributed by atoms with E-state index in [1.54, 1.807) is 17.1 Å². The number of nitrogens with one attached hydrogen (secondary N) is 3. The van der Waals surface area contributed by atoms with Gasteiger partial charge in [-0.25, -0.2) is 4.98 Å². The van der Waals surface area contributed by atoms with Crippen LogP contribution in [0.2, 0.25) is 5.02 Å². The summed E-state index contributed by atoms with van der Waals surface area (Å²) >= 11 is 7.76. The van der Waals surface area contributed by atoms with Crippen LogP contribution in [0.15, 0.2) is 18.6 Å². The van der Waals surface area contributed by atoms with Gasteiger partial charge in [-0.05, 0) is 0 Å². The van der Waals surface area contributed by atoms with Crippen LogP contribution in [-0.4, -0.2) is 74.7 Å². The third-order valence-corrected chi connectivity index (χ3v) is 5.64. The van der Waals surface area contributed by atoms with Crippen molar-refractivity contribution in [3.05, 3.63) is 23.6 Å². The van der Waals surface area contributed by atoms with Gasteiger partial charge in [-0.1, -0.05) is 23.5 Å². The molecule has 2 saturated heterocycles. The van der Waals surface area contributed by atoms with Crippen LogP contribution in [0, 0.1) is 0 Å². The summed E-state index contributed by atoms with van der Waals surface area (Å²) in [5, 5.41) is 19.9. The number of aryl methyl sites for hydroxylation is 1. The van der Waals surface area contributed by atoms with Crippen LogP contribution in [0.25, 0.3) is 0 Å². The Kier molecular flexibility index (Phi) is 6.19. The van der Waals surface area contributed by atoms with E-state index in [-0.39, 0.29) is 30.9 Å². The first kappa shape index (κ1) is 19.7. The van der Waals surface area contributed by atoms with E-state index in [0.717, 1.165) is 5.69 Å². The first-order valence-electron chi connectivity index (χ1n) is 8.90. The Labute approximate surface area is 171 Å². The van der Waals surface area contributed by atoms with Crippen LogP contribution in [0.1, 0.15) is 0 Å². The Morgan fingerprint density at radius 1 is 1.29 bits per heavy atom. The molecular formula is C16H22ClN7O3S. The van der Waals surface area contributed by atoms with E-state index in [2.05, 4.69) is 30.4 Å². The number of aliphatic hydroxyl groups is 1. The second kappa shape index (κ2) is 8.80. The highest BCUT2D eigenvalue weighted by atomic mass is 35.5. The Hall–Kier alpha value is -1.63. The van der Waals surface area contributed by atoms with Gasteiger partial charge < -0.3 is 25.2 Å². The molecule has 4 unspecified atom stereocenters. The highest BCUT2D eigenvalue weighted by molar-refractivity contribution is 7.97. The lowest BCUT2D eigenvalue weighted by Gasteiger charge is -2.19. The molecule has 2 aromatic rings. The fraction of sp³-hybridized carbons (Fsp3) is 0.562. The smallest absolute Gasteiger partial charge is 0.229 e. The number of hydrogen-bond acceptors (Lipinski definition) is 10. The topological polar surface area (TPSA) is 118 Å². The molecule has 0 spiro atoms. The summed E-state index contributed by atoms with van der Waals surface area (Å²) in [7, 11) is 1.84. The van der Waals surface area contributed by atoms with Gasteiger partial charge in [-0.2, -0.15) is 10.1 Å². The Morgan fingerprint density at radius 3 is 2.82 bits per heavy atom. The van der Waals surface area contributed by atoms with E-state index in [1.807, 2.05) is 13.2 Å². The van der Waals surface area contributed by atoms with E-state index >= 15 is 0 Å². The third-order valence-electron chi connectivity index (χ3n) is 4.51. The standard InChI is InChI=1S/C16H22ClN7O3S/c1-24-6-9(4-19-24)20-16-18-5-10(17)15(22-16)21-11-7-26-14-12(8-27-13(11)14)23-28-3-2-25/h4-6,11-14,23,25H,2-3,7-8H2,1H3,(H2,18,20,21,22). The number of aliphatic hydroxyl groups excluding tert-OH is 1. The summed E-state index contributed by atoms with van der Waals surface area (Å²) in [5.41, 5.74) is 0.786. The van der Waals surface area contributed by atoms with Gasteiger partial charge in [-0.15, -0.1) is 0 Å². The van der Waals surface area contributed by atoms with Crippen molar-refractivity contribution in [3.63, 3.8) is 0 Å². The molecule has 152 valence electrons. The van der Waals surface area contributed by atoms with Crippen LogP contribution in [-0.2, 0) is 16.5 Å². The van der Waals surface area contributed by atoms with E-state index < -0.39 is 0 Å². The lowest BCUT2D eigenvalue weighted by molar-refractivity contribution is 0.0692. The molecule has 4 N–H and O–H groups in total.